The van der Waals surface area contributed by atoms with Crippen LogP contribution in [-0.2, 0) is 19.7 Å². The zero-order valence-electron chi connectivity index (χ0n) is 21.7. The van der Waals surface area contributed by atoms with Gasteiger partial charge in [0.25, 0.3) is 5.91 Å². The zero-order valence-corrected chi connectivity index (χ0v) is 21.7. The number of anilines is 1. The van der Waals surface area contributed by atoms with Gasteiger partial charge in [-0.3, -0.25) is 19.5 Å². The summed E-state index contributed by atoms with van der Waals surface area (Å²) in [6, 6.07) is 7.19. The minimum absolute atomic E-state index is 0.0236. The minimum atomic E-state index is -4.58. The van der Waals surface area contributed by atoms with Gasteiger partial charge in [0.05, 0.1) is 30.3 Å². The van der Waals surface area contributed by atoms with Crippen LogP contribution >= 0.6 is 0 Å². The first kappa shape index (κ1) is 26.2. The van der Waals surface area contributed by atoms with Crippen LogP contribution < -0.4 is 4.90 Å². The molecule has 10 nitrogen and oxygen atoms in total. The summed E-state index contributed by atoms with van der Waals surface area (Å²) < 4.78 is 44.5. The number of hydrogen-bond acceptors (Lipinski definition) is 6. The molecule has 3 aliphatic heterocycles. The molecule has 40 heavy (non-hydrogen) atoms. The van der Waals surface area contributed by atoms with E-state index in [2.05, 4.69) is 15.2 Å². The summed E-state index contributed by atoms with van der Waals surface area (Å²) in [5, 5.41) is 7.41. The number of aryl methyl sites for hydroxylation is 1. The molecule has 3 aliphatic rings. The number of likely N-dealkylation sites (tertiary alicyclic amines) is 1. The quantitative estimate of drug-likeness (QED) is 0.531. The Kier molecular flexibility index (Phi) is 6.28. The molecule has 0 bridgehead atoms. The van der Waals surface area contributed by atoms with E-state index in [1.807, 2.05) is 13.0 Å². The van der Waals surface area contributed by atoms with Crippen molar-refractivity contribution in [2.24, 2.45) is 0 Å². The van der Waals surface area contributed by atoms with Crippen LogP contribution in [0.25, 0.3) is 11.0 Å². The number of fused-ring (bicyclic) bond motifs is 3. The number of piperidine rings is 1. The number of rotatable bonds is 3. The first-order valence-electron chi connectivity index (χ1n) is 13.0. The van der Waals surface area contributed by atoms with Crippen LogP contribution in [0.4, 0.5) is 18.9 Å². The lowest BCUT2D eigenvalue weighted by molar-refractivity contribution is -0.236. The Morgan fingerprint density at radius 1 is 1.15 bits per heavy atom. The maximum absolute atomic E-state index is 14.0. The molecule has 210 valence electrons. The minimum Gasteiger partial charge on any atom is -0.365 e. The largest absolute Gasteiger partial charge is 0.416 e. The van der Waals surface area contributed by atoms with Gasteiger partial charge in [-0.15, -0.1) is 0 Å². The molecule has 1 unspecified atom stereocenters. The van der Waals surface area contributed by atoms with Crippen molar-refractivity contribution in [1.29, 1.82) is 0 Å². The van der Waals surface area contributed by atoms with Gasteiger partial charge in [0.15, 0.2) is 11.8 Å². The molecule has 1 N–H and O–H groups in total. The first-order valence-corrected chi connectivity index (χ1v) is 13.0. The Hall–Kier alpha value is -4.00. The number of hydrogen-bond donors (Lipinski definition) is 1. The van der Waals surface area contributed by atoms with E-state index in [1.165, 1.54) is 11.1 Å². The highest BCUT2D eigenvalue weighted by Crippen LogP contribution is 2.49. The fourth-order valence-corrected chi connectivity index (χ4v) is 6.13. The molecule has 0 radical (unpaired) electrons. The molecule has 2 aromatic heterocycles. The molecule has 13 heteroatoms. The highest BCUT2D eigenvalue weighted by molar-refractivity contribution is 6.11. The second-order valence-electron chi connectivity index (χ2n) is 10.5. The lowest BCUT2D eigenvalue weighted by Gasteiger charge is -2.39. The second-order valence-corrected chi connectivity index (χ2v) is 10.5. The third kappa shape index (κ3) is 4.28. The Labute approximate surface area is 227 Å². The van der Waals surface area contributed by atoms with Crippen molar-refractivity contribution in [1.82, 2.24) is 25.0 Å². The maximum Gasteiger partial charge on any atom is 0.416 e. The van der Waals surface area contributed by atoms with Crippen molar-refractivity contribution in [3.63, 3.8) is 0 Å². The molecule has 3 amide bonds. The smallest absolute Gasteiger partial charge is 0.365 e. The fourth-order valence-electron chi connectivity index (χ4n) is 6.13. The topological polar surface area (TPSA) is 112 Å². The van der Waals surface area contributed by atoms with Crippen LogP contribution in [0.5, 0.6) is 0 Å². The predicted molar refractivity (Wildman–Crippen MR) is 137 cm³/mol. The van der Waals surface area contributed by atoms with Crippen LogP contribution in [0.2, 0.25) is 0 Å². The number of aromatic amines is 1. The molecule has 0 aliphatic carbocycles. The normalized spacial score (nSPS) is 20.9. The van der Waals surface area contributed by atoms with E-state index in [9.17, 15) is 27.6 Å². The third-order valence-corrected chi connectivity index (χ3v) is 8.19. The number of H-pyrrole nitrogens is 1. The van der Waals surface area contributed by atoms with Crippen molar-refractivity contribution in [2.75, 3.05) is 44.2 Å². The summed E-state index contributed by atoms with van der Waals surface area (Å²) in [5.41, 5.74) is 2.38. The number of carbonyl (C=O) groups excluding carboxylic acids is 3. The molecule has 3 aromatic rings. The molecular formula is C27H27F3N6O4. The number of alkyl halides is 3. The van der Waals surface area contributed by atoms with E-state index in [-0.39, 0.29) is 31.5 Å². The van der Waals surface area contributed by atoms with Crippen LogP contribution in [0, 0.1) is 6.92 Å². The first-order chi connectivity index (χ1) is 19.1. The van der Waals surface area contributed by atoms with Gasteiger partial charge in [-0.25, -0.2) is 4.98 Å². The van der Waals surface area contributed by atoms with E-state index in [1.54, 1.807) is 29.3 Å². The van der Waals surface area contributed by atoms with Crippen molar-refractivity contribution < 1.29 is 32.3 Å². The number of nitrogens with one attached hydrogen (secondary N) is 1. The predicted octanol–water partition coefficient (Wildman–Crippen LogP) is 2.58. The highest BCUT2D eigenvalue weighted by Gasteiger charge is 2.54. The molecule has 1 aromatic carbocycles. The Bertz CT molecular complexity index is 1500. The van der Waals surface area contributed by atoms with E-state index >= 15 is 0 Å². The summed E-state index contributed by atoms with van der Waals surface area (Å²) in [7, 11) is 0. The van der Waals surface area contributed by atoms with Crippen molar-refractivity contribution >= 4 is 34.4 Å². The number of aromatic nitrogens is 3. The van der Waals surface area contributed by atoms with Gasteiger partial charge in [0.2, 0.25) is 11.8 Å². The fraction of sp³-hybridized carbons (Fsp3) is 0.444. The van der Waals surface area contributed by atoms with Gasteiger partial charge in [0, 0.05) is 36.9 Å². The van der Waals surface area contributed by atoms with Gasteiger partial charge in [-0.05, 0) is 43.0 Å². The van der Waals surface area contributed by atoms with Gasteiger partial charge < -0.3 is 19.4 Å². The van der Waals surface area contributed by atoms with Crippen molar-refractivity contribution in [3.05, 3.63) is 53.3 Å². The molecule has 2 saturated heterocycles. The monoisotopic (exact) mass is 556 g/mol. The summed E-state index contributed by atoms with van der Waals surface area (Å²) >= 11 is 0. The van der Waals surface area contributed by atoms with E-state index in [4.69, 9.17) is 4.74 Å². The van der Waals surface area contributed by atoms with Crippen LogP contribution in [0.15, 0.2) is 36.7 Å². The molecule has 0 saturated carbocycles. The number of carbonyl (C=O) groups is 3. The van der Waals surface area contributed by atoms with E-state index in [0.717, 1.165) is 21.4 Å². The molecule has 2 fully saturated rings. The van der Waals surface area contributed by atoms with Crippen LogP contribution in [-0.4, -0.2) is 94.3 Å². The lowest BCUT2D eigenvalue weighted by atomic mass is 9.72. The second kappa shape index (κ2) is 9.58. The number of morpholine rings is 1. The Morgan fingerprint density at radius 3 is 2.67 bits per heavy atom. The molecular weight excluding hydrogens is 529 g/mol. The van der Waals surface area contributed by atoms with Gasteiger partial charge >= 0.3 is 6.18 Å². The average Bonchev–Trinajstić information content (AvgIpc) is 3.50. The number of pyridine rings is 1. The number of amides is 3. The summed E-state index contributed by atoms with van der Waals surface area (Å²) in [4.78, 5) is 48.9. The number of nitrogens with zero attached hydrogens (tertiary/aromatic N) is 5. The van der Waals surface area contributed by atoms with Crippen LogP contribution in [0.3, 0.4) is 0 Å². The standard InChI is InChI=1S/C27H27F3N6O4/c1-16-3-2-4-19-22(16)26(25(39)36(19)15-21(37)35-9-10-40-20(14-35)27(28,29)30)5-7-34(8-6-26)24(38)18-11-17-13-32-33-23(17)31-12-18/h2-4,11-13,20H,5-10,14-15H2,1H3,(H,31,32,33). The highest BCUT2D eigenvalue weighted by atomic mass is 19.4. The molecule has 1 atom stereocenters. The van der Waals surface area contributed by atoms with Gasteiger partial charge in [-0.2, -0.15) is 18.3 Å². The summed E-state index contributed by atoms with van der Waals surface area (Å²) in [6.45, 7) is 1.37. The lowest BCUT2D eigenvalue weighted by Crippen LogP contribution is -2.55. The SMILES string of the molecule is Cc1cccc2c1C1(CCN(C(=O)c3cnc4[nH]ncc4c3)CC1)C(=O)N2CC(=O)N1CCOC(C(F)(F)F)C1. The van der Waals surface area contributed by atoms with Gasteiger partial charge in [0.1, 0.15) is 6.54 Å². The van der Waals surface area contributed by atoms with Crippen molar-refractivity contribution in [3.8, 4) is 0 Å². The summed E-state index contributed by atoms with van der Waals surface area (Å²) in [6.07, 6.45) is -2.83. The maximum atomic E-state index is 14.0. The van der Waals surface area contributed by atoms with Crippen molar-refractivity contribution in [2.45, 2.75) is 37.5 Å². The summed E-state index contributed by atoms with van der Waals surface area (Å²) in [5.74, 6) is -1.02. The van der Waals surface area contributed by atoms with Crippen LogP contribution in [0.1, 0.15) is 34.3 Å². The molecule has 6 rings (SSSR count). The number of benzene rings is 1. The van der Waals surface area contributed by atoms with E-state index in [0.29, 0.717) is 42.8 Å². The Balaban J connectivity index is 1.21. The number of halogens is 3. The third-order valence-electron chi connectivity index (χ3n) is 8.19. The molecule has 1 spiro atoms. The average molecular weight is 557 g/mol. The zero-order chi connectivity index (χ0) is 28.2. The number of ether oxygens (including phenoxy) is 1. The molecule has 5 heterocycles. The van der Waals surface area contributed by atoms with E-state index < -0.39 is 30.1 Å². The van der Waals surface area contributed by atoms with Gasteiger partial charge in [-0.1, -0.05) is 12.1 Å². The Morgan fingerprint density at radius 2 is 1.93 bits per heavy atom.